The summed E-state index contributed by atoms with van der Waals surface area (Å²) < 4.78 is 11.1. The summed E-state index contributed by atoms with van der Waals surface area (Å²) in [5, 5.41) is 5.45. The van der Waals surface area contributed by atoms with Gasteiger partial charge >= 0.3 is 12.2 Å². The summed E-state index contributed by atoms with van der Waals surface area (Å²) in [5.41, 5.74) is 0.970. The molecular weight excluding hydrogens is 368 g/mol. The number of fused-ring (bicyclic) bond motifs is 2. The number of carbonyl (C=O) groups is 2. The van der Waals surface area contributed by atoms with Crippen LogP contribution in [0.1, 0.15) is 12.8 Å². The van der Waals surface area contributed by atoms with Crippen LogP contribution < -0.4 is 10.6 Å². The number of hydrogen-bond acceptors (Lipinski definition) is 4. The molecule has 4 rings (SSSR count). The average molecular weight is 392 g/mol. The maximum atomic E-state index is 12.2. The molecule has 2 N–H and O–H groups in total. The van der Waals surface area contributed by atoms with Gasteiger partial charge in [0.1, 0.15) is 13.2 Å². The van der Waals surface area contributed by atoms with E-state index in [0.717, 1.165) is 12.8 Å². The first-order chi connectivity index (χ1) is 14.1. The van der Waals surface area contributed by atoms with E-state index >= 15 is 0 Å². The molecule has 1 saturated carbocycles. The quantitative estimate of drug-likeness (QED) is 0.673. The molecule has 29 heavy (non-hydrogen) atoms. The smallest absolute Gasteiger partial charge is 0.411 e. The molecule has 0 aromatic heterocycles. The summed E-state index contributed by atoms with van der Waals surface area (Å²) in [4.78, 5) is 24.5. The first kappa shape index (κ1) is 19.1. The van der Waals surface area contributed by atoms with Crippen molar-refractivity contribution in [3.63, 3.8) is 0 Å². The van der Waals surface area contributed by atoms with Crippen molar-refractivity contribution in [2.75, 3.05) is 23.8 Å². The van der Waals surface area contributed by atoms with Crippen molar-refractivity contribution in [2.45, 2.75) is 12.8 Å². The minimum absolute atomic E-state index is 0.204. The van der Waals surface area contributed by atoms with Crippen molar-refractivity contribution in [3.8, 4) is 0 Å². The molecule has 0 spiro atoms. The highest BCUT2D eigenvalue weighted by Crippen LogP contribution is 2.52. The van der Waals surface area contributed by atoms with Gasteiger partial charge in [-0.05, 0) is 48.9 Å². The van der Waals surface area contributed by atoms with Gasteiger partial charge in [0.15, 0.2) is 0 Å². The highest BCUT2D eigenvalue weighted by atomic mass is 16.6. The Morgan fingerprint density at radius 3 is 1.76 bits per heavy atom. The van der Waals surface area contributed by atoms with Crippen molar-refractivity contribution in [2.24, 2.45) is 17.3 Å². The predicted molar refractivity (Wildman–Crippen MR) is 111 cm³/mol. The molecular formula is C23H24N2O4. The van der Waals surface area contributed by atoms with Gasteiger partial charge in [-0.1, -0.05) is 48.6 Å². The summed E-state index contributed by atoms with van der Waals surface area (Å²) in [5.74, 6) is 0.683. The summed E-state index contributed by atoms with van der Waals surface area (Å²) in [7, 11) is 0. The third kappa shape index (κ3) is 4.59. The van der Waals surface area contributed by atoms with Crippen LogP contribution in [0.5, 0.6) is 0 Å². The number of rotatable bonds is 6. The van der Waals surface area contributed by atoms with Crippen molar-refractivity contribution >= 4 is 23.6 Å². The van der Waals surface area contributed by atoms with E-state index in [-0.39, 0.29) is 24.5 Å². The van der Waals surface area contributed by atoms with Gasteiger partial charge in [0.25, 0.3) is 0 Å². The molecule has 2 aromatic carbocycles. The number of nitrogens with one attached hydrogen (secondary N) is 2. The Hall–Kier alpha value is -3.28. The Morgan fingerprint density at radius 2 is 1.34 bits per heavy atom. The maximum Gasteiger partial charge on any atom is 0.411 e. The molecule has 1 fully saturated rings. The zero-order chi connectivity index (χ0) is 20.1. The minimum Gasteiger partial charge on any atom is -0.449 e. The van der Waals surface area contributed by atoms with Gasteiger partial charge in [-0.2, -0.15) is 0 Å². The van der Waals surface area contributed by atoms with Crippen LogP contribution >= 0.6 is 0 Å². The van der Waals surface area contributed by atoms with E-state index in [2.05, 4.69) is 22.8 Å². The summed E-state index contributed by atoms with van der Waals surface area (Å²) in [6, 6.07) is 18.3. The van der Waals surface area contributed by atoms with E-state index in [4.69, 9.17) is 9.47 Å². The maximum absolute atomic E-state index is 12.2. The lowest BCUT2D eigenvalue weighted by Crippen LogP contribution is -2.39. The van der Waals surface area contributed by atoms with Crippen LogP contribution in [0.2, 0.25) is 0 Å². The lowest BCUT2D eigenvalue weighted by molar-refractivity contribution is 0.0172. The number of anilines is 2. The molecule has 0 saturated heterocycles. The number of allylic oxidation sites excluding steroid dienone is 2. The molecule has 0 unspecified atom stereocenters. The number of benzene rings is 2. The standard InChI is InChI=1S/C23H24N2O4/c26-21(24-19-7-3-1-4-8-19)28-15-23(14-17-11-12-18(23)13-17)16-29-22(27)25-20-9-5-2-6-10-20/h1-12,17-18H,13-16H2,(H,24,26)(H,25,27)/t17-,18+/m0/s1. The molecule has 6 heteroatoms. The van der Waals surface area contributed by atoms with Crippen LogP contribution in [0.15, 0.2) is 72.8 Å². The van der Waals surface area contributed by atoms with Gasteiger partial charge in [-0.15, -0.1) is 0 Å². The van der Waals surface area contributed by atoms with Crippen molar-refractivity contribution in [1.29, 1.82) is 0 Å². The largest absolute Gasteiger partial charge is 0.449 e. The molecule has 2 atom stereocenters. The van der Waals surface area contributed by atoms with Crippen molar-refractivity contribution < 1.29 is 19.1 Å². The fraction of sp³-hybridized carbons (Fsp3) is 0.304. The molecule has 0 aliphatic heterocycles. The van der Waals surface area contributed by atoms with Gasteiger partial charge in [-0.3, -0.25) is 10.6 Å². The Labute approximate surface area is 169 Å². The van der Waals surface area contributed by atoms with Crippen LogP contribution in [0.3, 0.4) is 0 Å². The summed E-state index contributed by atoms with van der Waals surface area (Å²) >= 11 is 0. The van der Waals surface area contributed by atoms with Gasteiger partial charge < -0.3 is 9.47 Å². The number of hydrogen-bond donors (Lipinski definition) is 2. The Kier molecular flexibility index (Phi) is 5.51. The molecule has 2 amide bonds. The fourth-order valence-electron chi connectivity index (χ4n) is 4.20. The van der Waals surface area contributed by atoms with Crippen molar-refractivity contribution in [3.05, 3.63) is 72.8 Å². The predicted octanol–water partition coefficient (Wildman–Crippen LogP) is 5.07. The molecule has 0 radical (unpaired) electrons. The van der Waals surface area contributed by atoms with Crippen LogP contribution in [-0.4, -0.2) is 25.4 Å². The van der Waals surface area contributed by atoms with Crippen LogP contribution in [0.25, 0.3) is 0 Å². The van der Waals surface area contributed by atoms with Gasteiger partial charge in [0, 0.05) is 16.8 Å². The van der Waals surface area contributed by atoms with Gasteiger partial charge in [-0.25, -0.2) is 9.59 Å². The lowest BCUT2D eigenvalue weighted by atomic mass is 9.77. The number of carbonyl (C=O) groups excluding carboxylic acids is 2. The highest BCUT2D eigenvalue weighted by Gasteiger charge is 2.50. The highest BCUT2D eigenvalue weighted by molar-refractivity contribution is 5.85. The van der Waals surface area contributed by atoms with E-state index in [1.165, 1.54) is 0 Å². The van der Waals surface area contributed by atoms with Crippen molar-refractivity contribution in [1.82, 2.24) is 0 Å². The normalized spacial score (nSPS) is 20.8. The van der Waals surface area contributed by atoms with Crippen LogP contribution in [-0.2, 0) is 9.47 Å². The Balaban J connectivity index is 1.35. The Bertz CT molecular complexity index is 825. The van der Waals surface area contributed by atoms with Crippen LogP contribution in [0.4, 0.5) is 21.0 Å². The summed E-state index contributed by atoms with van der Waals surface area (Å²) in [6.07, 6.45) is 5.20. The number of ether oxygens (including phenoxy) is 2. The van der Waals surface area contributed by atoms with E-state index in [0.29, 0.717) is 17.3 Å². The summed E-state index contributed by atoms with van der Waals surface area (Å²) in [6.45, 7) is 0.408. The first-order valence-corrected chi connectivity index (χ1v) is 9.79. The first-order valence-electron chi connectivity index (χ1n) is 9.79. The second-order valence-corrected chi connectivity index (χ2v) is 7.69. The van der Waals surface area contributed by atoms with E-state index in [1.807, 2.05) is 36.4 Å². The average Bonchev–Trinajstić information content (AvgIpc) is 3.34. The topological polar surface area (TPSA) is 76.7 Å². The zero-order valence-electron chi connectivity index (χ0n) is 16.0. The monoisotopic (exact) mass is 392 g/mol. The molecule has 2 aliphatic carbocycles. The molecule has 2 bridgehead atoms. The van der Waals surface area contributed by atoms with E-state index < -0.39 is 12.2 Å². The third-order valence-corrected chi connectivity index (χ3v) is 5.65. The molecule has 2 aliphatic rings. The van der Waals surface area contributed by atoms with Gasteiger partial charge in [0.05, 0.1) is 0 Å². The second-order valence-electron chi connectivity index (χ2n) is 7.69. The fourth-order valence-corrected chi connectivity index (χ4v) is 4.20. The molecule has 6 nitrogen and oxygen atoms in total. The molecule has 0 heterocycles. The SMILES string of the molecule is O=C(Nc1ccccc1)OCC1(COC(=O)Nc2ccccc2)C[C@H]2C=C[C@@H]1C2. The third-order valence-electron chi connectivity index (χ3n) is 5.65. The lowest BCUT2D eigenvalue weighted by Gasteiger charge is -2.34. The Morgan fingerprint density at radius 1 is 0.828 bits per heavy atom. The number of amides is 2. The van der Waals surface area contributed by atoms with Crippen LogP contribution in [0, 0.1) is 17.3 Å². The molecule has 2 aromatic rings. The molecule has 150 valence electrons. The van der Waals surface area contributed by atoms with E-state index in [1.54, 1.807) is 24.3 Å². The van der Waals surface area contributed by atoms with Gasteiger partial charge in [0.2, 0.25) is 0 Å². The number of para-hydroxylation sites is 2. The van der Waals surface area contributed by atoms with E-state index in [9.17, 15) is 9.59 Å². The zero-order valence-corrected chi connectivity index (χ0v) is 16.0. The minimum atomic E-state index is -0.504. The second kappa shape index (κ2) is 8.39.